The fourth-order valence-corrected chi connectivity index (χ4v) is 3.52. The minimum atomic E-state index is -1.25. The lowest BCUT2D eigenvalue weighted by molar-refractivity contribution is -0.145. The minimum absolute atomic E-state index is 0.176. The number of hydrogen-bond donors (Lipinski definition) is 3. The molecule has 0 bridgehead atoms. The number of para-hydroxylation sites is 1. The Balaban J connectivity index is 3.46. The lowest BCUT2D eigenvalue weighted by Gasteiger charge is -2.35. The van der Waals surface area contributed by atoms with Crippen molar-refractivity contribution in [1.29, 1.82) is 0 Å². The second kappa shape index (κ2) is 14.3. The van der Waals surface area contributed by atoms with Crippen LogP contribution in [0.2, 0.25) is 0 Å². The summed E-state index contributed by atoms with van der Waals surface area (Å²) in [5.74, 6) is -2.33. The van der Waals surface area contributed by atoms with E-state index in [0.29, 0.717) is 6.42 Å². The van der Waals surface area contributed by atoms with Gasteiger partial charge in [-0.2, -0.15) is 0 Å². The number of amides is 3. The predicted molar refractivity (Wildman–Crippen MR) is 135 cm³/mol. The van der Waals surface area contributed by atoms with Gasteiger partial charge in [-0.3, -0.25) is 14.4 Å². The average Bonchev–Trinajstić information content (AvgIpc) is 2.79. The molecule has 2 unspecified atom stereocenters. The molecular weight excluding hydrogens is 466 g/mol. The Bertz CT molecular complexity index is 896. The summed E-state index contributed by atoms with van der Waals surface area (Å²) < 4.78 is 9.95. The van der Waals surface area contributed by atoms with Gasteiger partial charge in [0.2, 0.25) is 11.8 Å². The molecule has 0 radical (unpaired) electrons. The topological polar surface area (TPSA) is 134 Å². The van der Waals surface area contributed by atoms with Gasteiger partial charge in [-0.15, -0.1) is 0 Å². The molecule has 0 aliphatic rings. The van der Waals surface area contributed by atoms with Crippen molar-refractivity contribution in [3.05, 3.63) is 29.8 Å². The van der Waals surface area contributed by atoms with Gasteiger partial charge in [0, 0.05) is 12.1 Å². The second-order valence-corrected chi connectivity index (χ2v) is 9.86. The van der Waals surface area contributed by atoms with Crippen molar-refractivity contribution >= 4 is 23.9 Å². The summed E-state index contributed by atoms with van der Waals surface area (Å²) in [6.07, 6.45) is 1.51. The first-order valence-electron chi connectivity index (χ1n) is 12.2. The maximum absolute atomic E-state index is 13.9. The Hall–Kier alpha value is -3.30. The summed E-state index contributed by atoms with van der Waals surface area (Å²) in [4.78, 5) is 52.8. The number of methoxy groups -OCH3 is 1. The summed E-state index contributed by atoms with van der Waals surface area (Å²) in [7, 11) is 1.20. The third kappa shape index (κ3) is 9.75. The number of esters is 1. The van der Waals surface area contributed by atoms with E-state index in [0.717, 1.165) is 12.8 Å². The smallest absolute Gasteiger partial charge is 0.408 e. The fourth-order valence-electron chi connectivity index (χ4n) is 3.52. The van der Waals surface area contributed by atoms with Gasteiger partial charge in [0.15, 0.2) is 0 Å². The number of benzene rings is 1. The van der Waals surface area contributed by atoms with E-state index in [1.54, 1.807) is 52.8 Å². The molecule has 0 saturated carbocycles. The highest BCUT2D eigenvalue weighted by Gasteiger charge is 2.38. The molecule has 1 aromatic rings. The zero-order chi connectivity index (χ0) is 27.5. The molecule has 36 heavy (non-hydrogen) atoms. The third-order valence-corrected chi connectivity index (χ3v) is 5.32. The van der Waals surface area contributed by atoms with E-state index >= 15 is 0 Å². The molecule has 0 heterocycles. The molecule has 10 heteroatoms. The molecule has 0 aliphatic heterocycles. The molecule has 0 saturated heterocycles. The normalized spacial score (nSPS) is 12.9. The number of carbonyl (C=O) groups is 4. The van der Waals surface area contributed by atoms with E-state index in [-0.39, 0.29) is 23.8 Å². The standard InChI is InChI=1S/C26H41N3O7/c1-8-9-12-15-29(24(33)21(17(2)3)28-25(34)36-26(4,5)6)22(18-13-10-11-14-19(18)30)23(32)27-16-20(31)35-7/h10-11,13-14,17,21-22,30H,8-9,12,15-16H2,1-7H3,(H,27,32)(H,28,34). The van der Waals surface area contributed by atoms with Crippen LogP contribution in [0.15, 0.2) is 24.3 Å². The van der Waals surface area contributed by atoms with Gasteiger partial charge < -0.3 is 30.1 Å². The number of phenolic OH excluding ortho intramolecular Hbond substituents is 1. The largest absolute Gasteiger partial charge is 0.508 e. The summed E-state index contributed by atoms with van der Waals surface area (Å²) in [6.45, 7) is 10.5. The Kier molecular flexibility index (Phi) is 12.2. The highest BCUT2D eigenvalue weighted by Crippen LogP contribution is 2.30. The van der Waals surface area contributed by atoms with Gasteiger partial charge >= 0.3 is 12.1 Å². The zero-order valence-corrected chi connectivity index (χ0v) is 22.4. The van der Waals surface area contributed by atoms with Gasteiger partial charge in [-0.1, -0.05) is 51.8 Å². The van der Waals surface area contributed by atoms with Gasteiger partial charge in [-0.25, -0.2) is 4.79 Å². The maximum Gasteiger partial charge on any atom is 0.408 e. The van der Waals surface area contributed by atoms with Crippen molar-refractivity contribution in [3.8, 4) is 5.75 Å². The third-order valence-electron chi connectivity index (χ3n) is 5.32. The number of unbranched alkanes of at least 4 members (excludes halogenated alkanes) is 2. The average molecular weight is 508 g/mol. The van der Waals surface area contributed by atoms with Crippen LogP contribution >= 0.6 is 0 Å². The Morgan fingerprint density at radius 2 is 1.72 bits per heavy atom. The van der Waals surface area contributed by atoms with E-state index in [1.807, 2.05) is 6.92 Å². The van der Waals surface area contributed by atoms with E-state index < -0.39 is 48.1 Å². The van der Waals surface area contributed by atoms with Gasteiger partial charge in [0.05, 0.1) is 7.11 Å². The first kappa shape index (κ1) is 30.7. The molecule has 0 spiro atoms. The number of carbonyl (C=O) groups excluding carboxylic acids is 4. The first-order valence-corrected chi connectivity index (χ1v) is 12.2. The molecule has 0 fully saturated rings. The molecule has 202 valence electrons. The number of rotatable bonds is 12. The summed E-state index contributed by atoms with van der Waals surface area (Å²) in [5, 5.41) is 15.7. The van der Waals surface area contributed by atoms with Crippen LogP contribution in [0.5, 0.6) is 5.75 Å². The summed E-state index contributed by atoms with van der Waals surface area (Å²) in [6, 6.07) is 3.97. The van der Waals surface area contributed by atoms with Crippen LogP contribution in [0.3, 0.4) is 0 Å². The highest BCUT2D eigenvalue weighted by molar-refractivity contribution is 5.93. The van der Waals surface area contributed by atoms with Gasteiger partial charge in [0.25, 0.3) is 0 Å². The Labute approximate surface area is 213 Å². The van der Waals surface area contributed by atoms with E-state index in [4.69, 9.17) is 4.74 Å². The Morgan fingerprint density at radius 3 is 2.25 bits per heavy atom. The number of aromatic hydroxyl groups is 1. The van der Waals surface area contributed by atoms with Crippen molar-refractivity contribution < 1.29 is 33.8 Å². The van der Waals surface area contributed by atoms with Crippen LogP contribution in [0.4, 0.5) is 4.79 Å². The zero-order valence-electron chi connectivity index (χ0n) is 22.4. The second-order valence-electron chi connectivity index (χ2n) is 9.86. The number of hydrogen-bond acceptors (Lipinski definition) is 7. The number of ether oxygens (including phenoxy) is 2. The lowest BCUT2D eigenvalue weighted by atomic mass is 9.98. The summed E-state index contributed by atoms with van der Waals surface area (Å²) >= 11 is 0. The number of nitrogens with zero attached hydrogens (tertiary/aromatic N) is 1. The van der Waals surface area contributed by atoms with Crippen molar-refractivity contribution in [2.75, 3.05) is 20.2 Å². The predicted octanol–water partition coefficient (Wildman–Crippen LogP) is 3.29. The molecule has 1 aromatic carbocycles. The van der Waals surface area contributed by atoms with Gasteiger partial charge in [0.1, 0.15) is 30.0 Å². The van der Waals surface area contributed by atoms with Crippen LogP contribution in [-0.2, 0) is 23.9 Å². The summed E-state index contributed by atoms with van der Waals surface area (Å²) in [5.41, 5.74) is -0.564. The fraction of sp³-hybridized carbons (Fsp3) is 0.615. The van der Waals surface area contributed by atoms with Crippen molar-refractivity contribution in [2.45, 2.75) is 78.5 Å². The first-order chi connectivity index (χ1) is 16.8. The maximum atomic E-state index is 13.9. The lowest BCUT2D eigenvalue weighted by Crippen LogP contribution is -2.55. The number of alkyl carbamates (subject to hydrolysis) is 1. The molecule has 10 nitrogen and oxygen atoms in total. The highest BCUT2D eigenvalue weighted by atomic mass is 16.6. The SMILES string of the molecule is CCCCCN(C(=O)C(NC(=O)OC(C)(C)C)C(C)C)C(C(=O)NCC(=O)OC)c1ccccc1O. The van der Waals surface area contributed by atoms with Crippen LogP contribution < -0.4 is 10.6 Å². The van der Waals surface area contributed by atoms with Crippen molar-refractivity contribution in [1.82, 2.24) is 15.5 Å². The van der Waals surface area contributed by atoms with Crippen LogP contribution in [0.25, 0.3) is 0 Å². The molecule has 0 aromatic heterocycles. The van der Waals surface area contributed by atoms with Gasteiger partial charge in [-0.05, 0) is 39.2 Å². The monoisotopic (exact) mass is 507 g/mol. The number of nitrogens with one attached hydrogen (secondary N) is 2. The van der Waals surface area contributed by atoms with Crippen LogP contribution in [0, 0.1) is 5.92 Å². The van der Waals surface area contributed by atoms with Crippen molar-refractivity contribution in [2.24, 2.45) is 5.92 Å². The quantitative estimate of drug-likeness (QED) is 0.292. The molecular formula is C26H41N3O7. The molecule has 3 N–H and O–H groups in total. The van der Waals surface area contributed by atoms with Crippen molar-refractivity contribution in [3.63, 3.8) is 0 Å². The van der Waals surface area contributed by atoms with E-state index in [2.05, 4.69) is 15.4 Å². The van der Waals surface area contributed by atoms with Crippen LogP contribution in [0.1, 0.15) is 72.4 Å². The molecule has 1 rings (SSSR count). The molecule has 3 amide bonds. The molecule has 2 atom stereocenters. The van der Waals surface area contributed by atoms with Crippen LogP contribution in [-0.4, -0.2) is 65.7 Å². The minimum Gasteiger partial charge on any atom is -0.508 e. The molecule has 0 aliphatic carbocycles. The Morgan fingerprint density at radius 1 is 1.08 bits per heavy atom. The van der Waals surface area contributed by atoms with E-state index in [1.165, 1.54) is 18.1 Å². The number of phenols is 1. The van der Waals surface area contributed by atoms with E-state index in [9.17, 15) is 24.3 Å².